The van der Waals surface area contributed by atoms with Gasteiger partial charge in [0.15, 0.2) is 0 Å². The van der Waals surface area contributed by atoms with E-state index in [-0.39, 0.29) is 30.3 Å². The van der Waals surface area contributed by atoms with Gasteiger partial charge in [-0.3, -0.25) is 9.59 Å². The number of amides is 2. The van der Waals surface area contributed by atoms with E-state index in [2.05, 4.69) is 0 Å². The van der Waals surface area contributed by atoms with E-state index in [9.17, 15) is 14.7 Å². The molecule has 1 saturated heterocycles. The molecule has 2 aromatic rings. The Morgan fingerprint density at radius 2 is 1.71 bits per heavy atom. The van der Waals surface area contributed by atoms with Crippen molar-refractivity contribution in [3.63, 3.8) is 0 Å². The number of rotatable bonds is 3. The number of carbonyl (C=O) groups excluding carboxylic acids is 2. The number of carbonyl (C=O) groups is 2. The Labute approximate surface area is 206 Å². The molecule has 0 atom stereocenters. The summed E-state index contributed by atoms with van der Waals surface area (Å²) in [6.07, 6.45) is 4.48. The maximum absolute atomic E-state index is 13.2. The summed E-state index contributed by atoms with van der Waals surface area (Å²) < 4.78 is 6.03. The molecule has 0 spiro atoms. The number of hydrogen-bond acceptors (Lipinski definition) is 4. The summed E-state index contributed by atoms with van der Waals surface area (Å²) in [5.74, 6) is 0.512. The number of aliphatic hydroxyl groups is 1. The first-order valence-corrected chi connectivity index (χ1v) is 12.5. The number of nitrogens with zero attached hydrogens (tertiary/aromatic N) is 2. The van der Waals surface area contributed by atoms with E-state index in [0.29, 0.717) is 49.1 Å². The molecule has 7 heteroatoms. The largest absolute Gasteiger partial charge is 0.491 e. The van der Waals surface area contributed by atoms with Crippen molar-refractivity contribution in [2.45, 2.75) is 38.5 Å². The zero-order chi connectivity index (χ0) is 24.0. The van der Waals surface area contributed by atoms with Crippen LogP contribution in [0, 0.1) is 5.41 Å². The summed E-state index contributed by atoms with van der Waals surface area (Å²) in [6.45, 7) is 2.76. The van der Waals surface area contributed by atoms with E-state index >= 15 is 0 Å². The Kier molecular flexibility index (Phi) is 8.11. The number of para-hydroxylation sites is 1. The molecule has 2 bridgehead atoms. The molecule has 34 heavy (non-hydrogen) atoms. The van der Waals surface area contributed by atoms with E-state index in [1.165, 1.54) is 0 Å². The fraction of sp³-hybridized carbons (Fsp3) is 0.481. The third kappa shape index (κ3) is 5.73. The maximum Gasteiger partial charge on any atom is 0.257 e. The van der Waals surface area contributed by atoms with Crippen molar-refractivity contribution in [3.8, 4) is 5.75 Å². The standard InChI is InChI=1S/C27H33ClN2O4/c28-23-9-3-1-7-21(23)19-25(32)29-14-6-5-11-27(20-31)12-15-30(16-13-27)26(33)22-8-2-4-10-24(22)34-18-17-29/h1-4,7-10,31H,5-6,11-20H2. The van der Waals surface area contributed by atoms with Crippen LogP contribution in [0.3, 0.4) is 0 Å². The molecule has 3 aliphatic heterocycles. The second-order valence-corrected chi connectivity index (χ2v) is 9.81. The summed E-state index contributed by atoms with van der Waals surface area (Å²) in [4.78, 5) is 30.1. The molecule has 5 rings (SSSR count). The second-order valence-electron chi connectivity index (χ2n) is 9.40. The molecule has 1 N–H and O–H groups in total. The number of ether oxygens (including phenoxy) is 1. The SMILES string of the molecule is O=C(Cc1ccccc1Cl)N1CCCCC2(CO)CCN(CC2)C(=O)c2ccccc2OCC1. The third-order valence-corrected chi connectivity index (χ3v) is 7.59. The average Bonchev–Trinajstić information content (AvgIpc) is 2.87. The number of piperidine rings is 1. The van der Waals surface area contributed by atoms with Crippen LogP contribution in [0.5, 0.6) is 5.75 Å². The Morgan fingerprint density at radius 3 is 2.47 bits per heavy atom. The molecule has 0 saturated carbocycles. The Hall–Kier alpha value is -2.57. The van der Waals surface area contributed by atoms with Gasteiger partial charge in [0.25, 0.3) is 5.91 Å². The molecule has 182 valence electrons. The highest BCUT2D eigenvalue weighted by molar-refractivity contribution is 6.31. The van der Waals surface area contributed by atoms with Crippen LogP contribution in [0.4, 0.5) is 0 Å². The fourth-order valence-corrected chi connectivity index (χ4v) is 5.16. The zero-order valence-corrected chi connectivity index (χ0v) is 20.3. The van der Waals surface area contributed by atoms with Gasteiger partial charge in [0, 0.05) is 31.3 Å². The molecule has 0 radical (unpaired) electrons. The first kappa shape index (κ1) is 24.6. The highest BCUT2D eigenvalue weighted by Gasteiger charge is 2.36. The predicted octanol–water partition coefficient (Wildman–Crippen LogP) is 4.19. The topological polar surface area (TPSA) is 70.1 Å². The van der Waals surface area contributed by atoms with Crippen LogP contribution >= 0.6 is 11.6 Å². The summed E-state index contributed by atoms with van der Waals surface area (Å²) >= 11 is 6.28. The second kappa shape index (κ2) is 11.2. The molecular weight excluding hydrogens is 452 g/mol. The molecule has 0 aliphatic carbocycles. The van der Waals surface area contributed by atoms with Crippen molar-refractivity contribution in [3.05, 3.63) is 64.7 Å². The summed E-state index contributed by atoms with van der Waals surface area (Å²) in [5, 5.41) is 10.8. The first-order chi connectivity index (χ1) is 16.5. The number of fused-ring (bicyclic) bond motifs is 9. The quantitative estimate of drug-likeness (QED) is 0.709. The van der Waals surface area contributed by atoms with Crippen molar-refractivity contribution in [2.75, 3.05) is 39.4 Å². The lowest BCUT2D eigenvalue weighted by molar-refractivity contribution is -0.131. The van der Waals surface area contributed by atoms with E-state index in [4.69, 9.17) is 16.3 Å². The van der Waals surface area contributed by atoms with E-state index < -0.39 is 0 Å². The zero-order valence-electron chi connectivity index (χ0n) is 19.5. The van der Waals surface area contributed by atoms with Crippen LogP contribution in [-0.4, -0.2) is 66.1 Å². The van der Waals surface area contributed by atoms with Crippen molar-refractivity contribution in [2.24, 2.45) is 5.41 Å². The van der Waals surface area contributed by atoms with Gasteiger partial charge in [-0.2, -0.15) is 0 Å². The van der Waals surface area contributed by atoms with Crippen LogP contribution in [-0.2, 0) is 11.2 Å². The lowest BCUT2D eigenvalue weighted by Crippen LogP contribution is -2.44. The molecule has 1 fully saturated rings. The molecule has 0 unspecified atom stereocenters. The van der Waals surface area contributed by atoms with Gasteiger partial charge in [0.05, 0.1) is 18.5 Å². The molecule has 2 aromatic carbocycles. The van der Waals surface area contributed by atoms with E-state index in [0.717, 1.165) is 37.7 Å². The van der Waals surface area contributed by atoms with Crippen molar-refractivity contribution >= 4 is 23.4 Å². The molecule has 3 heterocycles. The number of hydrogen-bond donors (Lipinski definition) is 1. The van der Waals surface area contributed by atoms with Gasteiger partial charge in [-0.1, -0.05) is 48.4 Å². The van der Waals surface area contributed by atoms with Crippen LogP contribution in [0.25, 0.3) is 0 Å². The van der Waals surface area contributed by atoms with Crippen molar-refractivity contribution < 1.29 is 19.4 Å². The lowest BCUT2D eigenvalue weighted by atomic mass is 9.75. The van der Waals surface area contributed by atoms with Gasteiger partial charge in [0.1, 0.15) is 12.4 Å². The summed E-state index contributed by atoms with van der Waals surface area (Å²) in [5.41, 5.74) is 1.20. The molecule has 3 aliphatic rings. The predicted molar refractivity (Wildman–Crippen MR) is 132 cm³/mol. The molecular formula is C27H33ClN2O4. The minimum Gasteiger partial charge on any atom is -0.491 e. The number of aliphatic hydroxyl groups excluding tert-OH is 1. The van der Waals surface area contributed by atoms with Gasteiger partial charge in [0.2, 0.25) is 5.91 Å². The van der Waals surface area contributed by atoms with Crippen molar-refractivity contribution in [1.29, 1.82) is 0 Å². The summed E-state index contributed by atoms with van der Waals surface area (Å²) in [7, 11) is 0. The molecule has 6 nitrogen and oxygen atoms in total. The smallest absolute Gasteiger partial charge is 0.257 e. The van der Waals surface area contributed by atoms with Crippen LogP contribution < -0.4 is 4.74 Å². The monoisotopic (exact) mass is 484 g/mol. The minimum atomic E-state index is -0.153. The molecule has 2 amide bonds. The highest BCUT2D eigenvalue weighted by atomic mass is 35.5. The van der Waals surface area contributed by atoms with Gasteiger partial charge in [-0.15, -0.1) is 0 Å². The third-order valence-electron chi connectivity index (χ3n) is 7.22. The maximum atomic E-state index is 13.2. The Balaban J connectivity index is 1.53. The van der Waals surface area contributed by atoms with E-state index in [1.807, 2.05) is 46.2 Å². The van der Waals surface area contributed by atoms with Gasteiger partial charge < -0.3 is 19.6 Å². The molecule has 0 aromatic heterocycles. The van der Waals surface area contributed by atoms with Crippen LogP contribution in [0.1, 0.15) is 48.0 Å². The minimum absolute atomic E-state index is 0.00860. The van der Waals surface area contributed by atoms with Crippen LogP contribution in [0.15, 0.2) is 48.5 Å². The van der Waals surface area contributed by atoms with Gasteiger partial charge in [-0.25, -0.2) is 0 Å². The lowest BCUT2D eigenvalue weighted by Gasteiger charge is -2.41. The number of halogens is 1. The van der Waals surface area contributed by atoms with Gasteiger partial charge in [-0.05, 0) is 54.9 Å². The summed E-state index contributed by atoms with van der Waals surface area (Å²) in [6, 6.07) is 14.7. The fourth-order valence-electron chi connectivity index (χ4n) is 4.96. The first-order valence-electron chi connectivity index (χ1n) is 12.1. The van der Waals surface area contributed by atoms with Gasteiger partial charge >= 0.3 is 0 Å². The number of benzene rings is 2. The Morgan fingerprint density at radius 1 is 0.971 bits per heavy atom. The Bertz CT molecular complexity index is 1000. The van der Waals surface area contributed by atoms with Crippen LogP contribution in [0.2, 0.25) is 5.02 Å². The average molecular weight is 485 g/mol. The normalized spacial score (nSPS) is 19.1. The highest BCUT2D eigenvalue weighted by Crippen LogP contribution is 2.37. The van der Waals surface area contributed by atoms with E-state index in [1.54, 1.807) is 12.1 Å². The van der Waals surface area contributed by atoms with Crippen molar-refractivity contribution in [1.82, 2.24) is 9.80 Å².